The molecule has 2 aromatic rings. The first-order chi connectivity index (χ1) is 13.9. The molecule has 0 radical (unpaired) electrons. The number of benzene rings is 2. The van der Waals surface area contributed by atoms with Crippen LogP contribution >= 0.6 is 23.2 Å². The number of nitrogens with zero attached hydrogens (tertiary/aromatic N) is 1. The Labute approximate surface area is 179 Å². The first-order valence-corrected chi connectivity index (χ1v) is 10.1. The van der Waals surface area contributed by atoms with Gasteiger partial charge in [-0.1, -0.05) is 41.4 Å². The molecule has 0 aliphatic carbocycles. The molecule has 0 spiro atoms. The van der Waals surface area contributed by atoms with Crippen LogP contribution in [0.3, 0.4) is 0 Å². The molecule has 29 heavy (non-hydrogen) atoms. The number of amides is 3. The first kappa shape index (κ1) is 21.1. The third kappa shape index (κ3) is 5.71. The van der Waals surface area contributed by atoms with E-state index >= 15 is 0 Å². The molecular weight excluding hydrogens is 413 g/mol. The van der Waals surface area contributed by atoms with Crippen LogP contribution in [0.1, 0.15) is 29.6 Å². The number of hydrogen-bond donors (Lipinski definition) is 2. The molecule has 1 aliphatic rings. The number of halogens is 2. The molecule has 8 heteroatoms. The van der Waals surface area contributed by atoms with Crippen molar-refractivity contribution in [3.8, 4) is 0 Å². The number of carbonyl (C=O) groups is 3. The first-order valence-electron chi connectivity index (χ1n) is 9.34. The molecule has 1 saturated heterocycles. The Kier molecular flexibility index (Phi) is 7.12. The summed E-state index contributed by atoms with van der Waals surface area (Å²) in [6, 6.07) is 13.0. The second-order valence-electron chi connectivity index (χ2n) is 6.76. The Morgan fingerprint density at radius 1 is 1.03 bits per heavy atom. The van der Waals surface area contributed by atoms with E-state index in [9.17, 15) is 14.4 Å². The normalized spacial score (nSPS) is 15.8. The van der Waals surface area contributed by atoms with Gasteiger partial charge in [-0.05, 0) is 43.2 Å². The molecule has 152 valence electrons. The smallest absolute Gasteiger partial charge is 0.251 e. The molecule has 0 saturated carbocycles. The van der Waals surface area contributed by atoms with E-state index < -0.39 is 6.04 Å². The van der Waals surface area contributed by atoms with Gasteiger partial charge in [0.1, 0.15) is 6.04 Å². The summed E-state index contributed by atoms with van der Waals surface area (Å²) in [5.74, 6) is -0.672. The van der Waals surface area contributed by atoms with Crippen molar-refractivity contribution in [2.75, 3.05) is 18.4 Å². The maximum atomic E-state index is 12.7. The molecule has 2 aromatic carbocycles. The molecular formula is C21H21Cl2N3O3. The lowest BCUT2D eigenvalue weighted by Gasteiger charge is -2.24. The number of rotatable bonds is 6. The fraction of sp³-hybridized carbons (Fsp3) is 0.286. The van der Waals surface area contributed by atoms with Gasteiger partial charge in [0.15, 0.2) is 0 Å². The van der Waals surface area contributed by atoms with Gasteiger partial charge >= 0.3 is 0 Å². The lowest BCUT2D eigenvalue weighted by Crippen LogP contribution is -2.44. The molecule has 1 atom stereocenters. The Morgan fingerprint density at radius 3 is 2.41 bits per heavy atom. The number of anilines is 1. The van der Waals surface area contributed by atoms with Gasteiger partial charge in [-0.2, -0.15) is 0 Å². The Hall–Kier alpha value is -2.57. The lowest BCUT2D eigenvalue weighted by molar-refractivity contribution is -0.136. The molecule has 1 fully saturated rings. The third-order valence-electron chi connectivity index (χ3n) is 4.67. The summed E-state index contributed by atoms with van der Waals surface area (Å²) in [5.41, 5.74) is 1.03. The zero-order chi connectivity index (χ0) is 20.8. The molecule has 1 unspecified atom stereocenters. The van der Waals surface area contributed by atoms with Gasteiger partial charge in [-0.15, -0.1) is 0 Å². The van der Waals surface area contributed by atoms with Crippen LogP contribution in [0.4, 0.5) is 5.69 Å². The van der Waals surface area contributed by atoms with Gasteiger partial charge < -0.3 is 15.5 Å². The van der Waals surface area contributed by atoms with Crippen LogP contribution in [0.15, 0.2) is 48.5 Å². The fourth-order valence-corrected chi connectivity index (χ4v) is 3.83. The van der Waals surface area contributed by atoms with Gasteiger partial charge in [0.25, 0.3) is 5.91 Å². The van der Waals surface area contributed by atoms with Crippen molar-refractivity contribution in [3.05, 3.63) is 64.1 Å². The minimum absolute atomic E-state index is 0.130. The van der Waals surface area contributed by atoms with Crippen molar-refractivity contribution in [3.63, 3.8) is 0 Å². The van der Waals surface area contributed by atoms with Crippen LogP contribution in [-0.4, -0.2) is 41.8 Å². The van der Waals surface area contributed by atoms with Crippen LogP contribution < -0.4 is 10.6 Å². The molecule has 6 nitrogen and oxygen atoms in total. The molecule has 0 bridgehead atoms. The highest BCUT2D eigenvalue weighted by molar-refractivity contribution is 6.35. The second-order valence-corrected chi connectivity index (χ2v) is 7.64. The van der Waals surface area contributed by atoms with Crippen LogP contribution in [0.5, 0.6) is 0 Å². The number of hydrogen-bond acceptors (Lipinski definition) is 3. The van der Waals surface area contributed by atoms with E-state index in [4.69, 9.17) is 23.2 Å². The van der Waals surface area contributed by atoms with E-state index in [0.717, 1.165) is 6.42 Å². The highest BCUT2D eigenvalue weighted by Crippen LogP contribution is 2.24. The average Bonchev–Trinajstić information content (AvgIpc) is 3.18. The SMILES string of the molecule is O=C(NCCC(=O)N1CCCC1C(=O)Nc1cc(Cl)cc(Cl)c1)c1ccccc1. The molecule has 2 N–H and O–H groups in total. The maximum absolute atomic E-state index is 12.7. The molecule has 3 amide bonds. The highest BCUT2D eigenvalue weighted by Gasteiger charge is 2.33. The minimum Gasteiger partial charge on any atom is -0.352 e. The Balaban J connectivity index is 1.53. The fourth-order valence-electron chi connectivity index (χ4n) is 3.31. The summed E-state index contributed by atoms with van der Waals surface area (Å²) in [7, 11) is 0. The Morgan fingerprint density at radius 2 is 1.72 bits per heavy atom. The molecule has 0 aromatic heterocycles. The standard InChI is InChI=1S/C21H21Cl2N3O3/c22-15-11-16(23)13-17(12-15)25-21(29)18-7-4-10-26(18)19(27)8-9-24-20(28)14-5-2-1-3-6-14/h1-3,5-6,11-13,18H,4,7-10H2,(H,24,28)(H,25,29). The molecule has 1 heterocycles. The van der Waals surface area contributed by atoms with E-state index in [1.54, 1.807) is 47.4 Å². The van der Waals surface area contributed by atoms with Crippen LogP contribution in [0.25, 0.3) is 0 Å². The summed E-state index contributed by atoms with van der Waals surface area (Å²) < 4.78 is 0. The van der Waals surface area contributed by atoms with Crippen molar-refractivity contribution in [2.45, 2.75) is 25.3 Å². The van der Waals surface area contributed by atoms with Crippen molar-refractivity contribution in [1.82, 2.24) is 10.2 Å². The van der Waals surface area contributed by atoms with E-state index in [-0.39, 0.29) is 30.7 Å². The molecule has 3 rings (SSSR count). The van der Waals surface area contributed by atoms with Gasteiger partial charge in [0.2, 0.25) is 11.8 Å². The quantitative estimate of drug-likeness (QED) is 0.727. The van der Waals surface area contributed by atoms with Gasteiger partial charge in [-0.25, -0.2) is 0 Å². The summed E-state index contributed by atoms with van der Waals surface area (Å²) in [4.78, 5) is 38.9. The number of carbonyl (C=O) groups excluding carboxylic acids is 3. The van der Waals surface area contributed by atoms with Crippen molar-refractivity contribution in [1.29, 1.82) is 0 Å². The lowest BCUT2D eigenvalue weighted by atomic mass is 10.2. The third-order valence-corrected chi connectivity index (χ3v) is 5.10. The zero-order valence-electron chi connectivity index (χ0n) is 15.7. The largest absolute Gasteiger partial charge is 0.352 e. The summed E-state index contributed by atoms with van der Waals surface area (Å²) >= 11 is 11.9. The zero-order valence-corrected chi connectivity index (χ0v) is 17.2. The molecule has 1 aliphatic heterocycles. The number of likely N-dealkylation sites (tertiary alicyclic amines) is 1. The van der Waals surface area contributed by atoms with Gasteiger partial charge in [0.05, 0.1) is 0 Å². The predicted molar refractivity (Wildman–Crippen MR) is 113 cm³/mol. The van der Waals surface area contributed by atoms with Gasteiger partial charge in [-0.3, -0.25) is 14.4 Å². The van der Waals surface area contributed by atoms with Crippen LogP contribution in [0.2, 0.25) is 10.0 Å². The Bertz CT molecular complexity index is 885. The monoisotopic (exact) mass is 433 g/mol. The number of nitrogens with one attached hydrogen (secondary N) is 2. The predicted octanol–water partition coefficient (Wildman–Crippen LogP) is 3.74. The minimum atomic E-state index is -0.551. The van der Waals surface area contributed by atoms with E-state index in [1.165, 1.54) is 0 Å². The van der Waals surface area contributed by atoms with Crippen molar-refractivity contribution >= 4 is 46.6 Å². The van der Waals surface area contributed by atoms with E-state index in [2.05, 4.69) is 10.6 Å². The van der Waals surface area contributed by atoms with Crippen LogP contribution in [0, 0.1) is 0 Å². The van der Waals surface area contributed by atoms with Crippen molar-refractivity contribution < 1.29 is 14.4 Å². The highest BCUT2D eigenvalue weighted by atomic mass is 35.5. The van der Waals surface area contributed by atoms with Gasteiger partial charge in [0, 0.05) is 40.8 Å². The summed E-state index contributed by atoms with van der Waals surface area (Å²) in [5, 5.41) is 6.34. The van der Waals surface area contributed by atoms with Crippen LogP contribution in [-0.2, 0) is 9.59 Å². The van der Waals surface area contributed by atoms with E-state index in [1.807, 2.05) is 6.07 Å². The maximum Gasteiger partial charge on any atom is 0.251 e. The van der Waals surface area contributed by atoms with E-state index in [0.29, 0.717) is 34.3 Å². The summed E-state index contributed by atoms with van der Waals surface area (Å²) in [6.07, 6.45) is 1.46. The topological polar surface area (TPSA) is 78.5 Å². The van der Waals surface area contributed by atoms with Crippen molar-refractivity contribution in [2.24, 2.45) is 0 Å². The summed E-state index contributed by atoms with van der Waals surface area (Å²) in [6.45, 7) is 0.723. The second kappa shape index (κ2) is 9.76. The average molecular weight is 434 g/mol.